The van der Waals surface area contributed by atoms with E-state index < -0.39 is 46.3 Å². The first-order chi connectivity index (χ1) is 13.4. The molecule has 3 nitrogen and oxygen atoms in total. The Kier molecular flexibility index (Phi) is 5.53. The molecule has 0 spiro atoms. The van der Waals surface area contributed by atoms with Crippen LogP contribution in [0.25, 0.3) is 0 Å². The molecule has 0 aliphatic rings. The van der Waals surface area contributed by atoms with Crippen molar-refractivity contribution < 1.29 is 26.3 Å². The van der Waals surface area contributed by atoms with Crippen LogP contribution in [0.1, 0.15) is 11.4 Å². The molecule has 0 saturated heterocycles. The van der Waals surface area contributed by atoms with Crippen LogP contribution in [-0.4, -0.2) is 17.4 Å². The predicted molar refractivity (Wildman–Crippen MR) is 91.4 cm³/mol. The van der Waals surface area contributed by atoms with Gasteiger partial charge >= 0.3 is 0 Å². The molecular formula is C19H9F6N3. The first kappa shape index (κ1) is 19.3. The van der Waals surface area contributed by atoms with Gasteiger partial charge in [0.25, 0.3) is 0 Å². The average Bonchev–Trinajstić information content (AvgIpc) is 2.69. The zero-order valence-electron chi connectivity index (χ0n) is 13.8. The third-order valence-corrected chi connectivity index (χ3v) is 3.49. The van der Waals surface area contributed by atoms with Crippen LogP contribution in [0.4, 0.5) is 37.7 Å². The zero-order valence-corrected chi connectivity index (χ0v) is 13.8. The molecule has 0 N–H and O–H groups in total. The monoisotopic (exact) mass is 393 g/mol. The third-order valence-electron chi connectivity index (χ3n) is 3.49. The Morgan fingerprint density at radius 3 is 1.43 bits per heavy atom. The van der Waals surface area contributed by atoms with E-state index in [1.807, 2.05) is 0 Å². The highest BCUT2D eigenvalue weighted by molar-refractivity contribution is 5.84. The highest BCUT2D eigenvalue weighted by atomic mass is 19.2. The average molecular weight is 393 g/mol. The minimum absolute atomic E-state index is 0.207. The van der Waals surface area contributed by atoms with E-state index in [0.29, 0.717) is 0 Å². The molecule has 0 aliphatic heterocycles. The lowest BCUT2D eigenvalue weighted by atomic mass is 10.2. The number of halogens is 6. The molecule has 0 fully saturated rings. The van der Waals surface area contributed by atoms with E-state index >= 15 is 0 Å². The fraction of sp³-hybridized carbons (Fsp3) is 0. The molecule has 9 heteroatoms. The van der Waals surface area contributed by atoms with Crippen molar-refractivity contribution in [3.05, 3.63) is 88.8 Å². The summed E-state index contributed by atoms with van der Waals surface area (Å²) in [5, 5.41) is 0. The molecule has 1 aromatic heterocycles. The highest BCUT2D eigenvalue weighted by Gasteiger charge is 2.13. The van der Waals surface area contributed by atoms with Gasteiger partial charge in [-0.05, 0) is 36.4 Å². The van der Waals surface area contributed by atoms with Gasteiger partial charge in [0, 0.05) is 0 Å². The maximum absolute atomic E-state index is 13.6. The summed E-state index contributed by atoms with van der Waals surface area (Å²) in [6, 6.07) is 7.88. The molecule has 0 unspecified atom stereocenters. The Morgan fingerprint density at radius 1 is 0.571 bits per heavy atom. The molecule has 2 aromatic carbocycles. The molecule has 142 valence electrons. The van der Waals surface area contributed by atoms with E-state index in [1.165, 1.54) is 18.2 Å². The predicted octanol–water partition coefficient (Wildman–Crippen LogP) is 5.42. The smallest absolute Gasteiger partial charge is 0.196 e. The van der Waals surface area contributed by atoms with Gasteiger partial charge in [0.1, 0.15) is 11.4 Å². The molecule has 28 heavy (non-hydrogen) atoms. The normalized spacial score (nSPS) is 11.6. The lowest BCUT2D eigenvalue weighted by molar-refractivity contribution is 0.448. The second-order valence-corrected chi connectivity index (χ2v) is 5.39. The summed E-state index contributed by atoms with van der Waals surface area (Å²) in [6.45, 7) is 0. The summed E-state index contributed by atoms with van der Waals surface area (Å²) in [4.78, 5) is 11.5. The van der Waals surface area contributed by atoms with Gasteiger partial charge < -0.3 is 0 Å². The molecule has 0 radical (unpaired) electrons. The van der Waals surface area contributed by atoms with Crippen molar-refractivity contribution in [3.8, 4) is 0 Å². The maximum atomic E-state index is 13.6. The standard InChI is InChI=1S/C19H9F6N3/c20-12-4-6-14(18(24)16(12)22)26-8-10-2-1-3-11(28-10)9-27-15-7-5-13(21)17(23)19(15)25/h1-9H. The molecule has 0 amide bonds. The van der Waals surface area contributed by atoms with Gasteiger partial charge in [-0.25, -0.2) is 31.3 Å². The molecule has 1 heterocycles. The second kappa shape index (κ2) is 8.03. The van der Waals surface area contributed by atoms with Gasteiger partial charge in [0.2, 0.25) is 0 Å². The summed E-state index contributed by atoms with van der Waals surface area (Å²) >= 11 is 0. The summed E-state index contributed by atoms with van der Waals surface area (Å²) < 4.78 is 79.4. The lowest BCUT2D eigenvalue weighted by Crippen LogP contribution is -1.95. The summed E-state index contributed by atoms with van der Waals surface area (Å²) in [7, 11) is 0. The fourth-order valence-electron chi connectivity index (χ4n) is 2.11. The van der Waals surface area contributed by atoms with Crippen LogP contribution in [0.3, 0.4) is 0 Å². The Bertz CT molecular complexity index is 1010. The molecule has 0 bridgehead atoms. The van der Waals surface area contributed by atoms with Crippen molar-refractivity contribution in [2.24, 2.45) is 9.98 Å². The Hall–Kier alpha value is -3.49. The maximum Gasteiger partial charge on any atom is 0.196 e. The summed E-state index contributed by atoms with van der Waals surface area (Å²) in [5.41, 5.74) is -0.440. The van der Waals surface area contributed by atoms with Gasteiger partial charge in [0.05, 0.1) is 23.8 Å². The van der Waals surface area contributed by atoms with Crippen LogP contribution >= 0.6 is 0 Å². The van der Waals surface area contributed by atoms with Crippen LogP contribution in [0.5, 0.6) is 0 Å². The van der Waals surface area contributed by atoms with Gasteiger partial charge in [-0.3, -0.25) is 9.98 Å². The number of nitrogens with zero attached hydrogens (tertiary/aromatic N) is 3. The minimum atomic E-state index is -1.64. The molecule has 0 atom stereocenters. The quantitative estimate of drug-likeness (QED) is 0.331. The van der Waals surface area contributed by atoms with E-state index in [0.717, 1.165) is 36.7 Å². The summed E-state index contributed by atoms with van der Waals surface area (Å²) in [5.74, 6) is -8.84. The highest BCUT2D eigenvalue weighted by Crippen LogP contribution is 2.23. The number of aromatic nitrogens is 1. The molecule has 0 aliphatic carbocycles. The van der Waals surface area contributed by atoms with Crippen molar-refractivity contribution in [1.82, 2.24) is 4.98 Å². The SMILES string of the molecule is Fc1ccc(N=Cc2cccc(C=Nc3ccc(F)c(F)c3F)n2)c(F)c1F. The number of hydrogen-bond acceptors (Lipinski definition) is 3. The van der Waals surface area contributed by atoms with Gasteiger partial charge in [-0.15, -0.1) is 0 Å². The van der Waals surface area contributed by atoms with Crippen molar-refractivity contribution in [2.75, 3.05) is 0 Å². The third kappa shape index (κ3) is 4.08. The number of hydrogen-bond donors (Lipinski definition) is 0. The van der Waals surface area contributed by atoms with Crippen molar-refractivity contribution in [1.29, 1.82) is 0 Å². The fourth-order valence-corrected chi connectivity index (χ4v) is 2.11. The van der Waals surface area contributed by atoms with Crippen molar-refractivity contribution in [3.63, 3.8) is 0 Å². The molecular weight excluding hydrogens is 384 g/mol. The van der Waals surface area contributed by atoms with Crippen LogP contribution in [-0.2, 0) is 0 Å². The van der Waals surface area contributed by atoms with Gasteiger partial charge in [0.15, 0.2) is 34.9 Å². The van der Waals surface area contributed by atoms with Crippen molar-refractivity contribution >= 4 is 23.8 Å². The van der Waals surface area contributed by atoms with Gasteiger partial charge in [-0.1, -0.05) is 6.07 Å². The zero-order chi connectivity index (χ0) is 20.3. The van der Waals surface area contributed by atoms with Gasteiger partial charge in [-0.2, -0.15) is 0 Å². The first-order valence-corrected chi connectivity index (χ1v) is 7.69. The largest absolute Gasteiger partial charge is 0.251 e. The van der Waals surface area contributed by atoms with E-state index in [2.05, 4.69) is 15.0 Å². The van der Waals surface area contributed by atoms with Crippen LogP contribution in [0.2, 0.25) is 0 Å². The second-order valence-electron chi connectivity index (χ2n) is 5.39. The van der Waals surface area contributed by atoms with Crippen molar-refractivity contribution in [2.45, 2.75) is 0 Å². The molecule has 3 aromatic rings. The first-order valence-electron chi connectivity index (χ1n) is 7.69. The number of benzene rings is 2. The van der Waals surface area contributed by atoms with E-state index in [1.54, 1.807) is 0 Å². The van der Waals surface area contributed by atoms with E-state index in [4.69, 9.17) is 0 Å². The minimum Gasteiger partial charge on any atom is -0.251 e. The van der Waals surface area contributed by atoms with Crippen LogP contribution in [0.15, 0.2) is 52.4 Å². The molecule has 0 saturated carbocycles. The van der Waals surface area contributed by atoms with Crippen LogP contribution in [0, 0.1) is 34.9 Å². The Balaban J connectivity index is 1.83. The topological polar surface area (TPSA) is 37.6 Å². The Labute approximate surface area is 154 Å². The van der Waals surface area contributed by atoms with E-state index in [9.17, 15) is 26.3 Å². The number of rotatable bonds is 4. The summed E-state index contributed by atoms with van der Waals surface area (Å²) in [6.07, 6.45) is 2.20. The molecule has 3 rings (SSSR count). The Morgan fingerprint density at radius 2 is 1.00 bits per heavy atom. The van der Waals surface area contributed by atoms with E-state index in [-0.39, 0.29) is 11.4 Å². The lowest BCUT2D eigenvalue weighted by Gasteiger charge is -2.00. The number of pyridine rings is 1. The van der Waals surface area contributed by atoms with Crippen LogP contribution < -0.4 is 0 Å². The number of aliphatic imine (C=N–C) groups is 2.